The molecule has 0 saturated heterocycles. The van der Waals surface area contributed by atoms with E-state index in [-0.39, 0.29) is 5.65 Å². The number of fused-ring (bicyclic) bond motifs is 1. The van der Waals surface area contributed by atoms with Crippen molar-refractivity contribution in [2.45, 2.75) is 4.90 Å². The van der Waals surface area contributed by atoms with Gasteiger partial charge in [-0.15, -0.1) is 0 Å². The maximum atomic E-state index is 12.1. The number of aryl methyl sites for hydroxylation is 1. The zero-order valence-corrected chi connectivity index (χ0v) is 11.9. The number of hydrogen-bond donors (Lipinski definition) is 2. The molecule has 11 heteroatoms. The van der Waals surface area contributed by atoms with Crippen molar-refractivity contribution in [3.8, 4) is 0 Å². The van der Waals surface area contributed by atoms with E-state index in [1.54, 1.807) is 0 Å². The molecule has 108 valence electrons. The first-order valence-electron chi connectivity index (χ1n) is 5.13. The van der Waals surface area contributed by atoms with Crippen LogP contribution in [0.25, 0.3) is 11.0 Å². The van der Waals surface area contributed by atoms with Crippen LogP contribution in [0.4, 0.5) is 5.82 Å². The summed E-state index contributed by atoms with van der Waals surface area (Å²) in [5, 5.41) is -0.511. The number of halogens is 1. The van der Waals surface area contributed by atoms with Crippen molar-refractivity contribution in [1.29, 1.82) is 0 Å². The summed E-state index contributed by atoms with van der Waals surface area (Å²) in [7, 11) is 3.15. The van der Waals surface area contributed by atoms with E-state index in [2.05, 4.69) is 4.98 Å². The first-order chi connectivity index (χ1) is 9.07. The predicted molar refractivity (Wildman–Crippen MR) is 72.5 cm³/mol. The van der Waals surface area contributed by atoms with Gasteiger partial charge in [0.05, 0.1) is 0 Å². The highest BCUT2D eigenvalue weighted by atomic mass is 35.7. The molecular formula is C9H9ClN4O5S. The lowest BCUT2D eigenvalue weighted by Gasteiger charge is -2.09. The summed E-state index contributed by atoms with van der Waals surface area (Å²) in [5.74, 6) is -0.541. The zero-order valence-electron chi connectivity index (χ0n) is 10.3. The first kappa shape index (κ1) is 14.3. The number of anilines is 1. The van der Waals surface area contributed by atoms with Crippen molar-refractivity contribution < 1.29 is 8.42 Å². The summed E-state index contributed by atoms with van der Waals surface area (Å²) in [4.78, 5) is 37.3. The Morgan fingerprint density at radius 3 is 2.20 bits per heavy atom. The maximum absolute atomic E-state index is 12.1. The molecule has 9 nitrogen and oxygen atoms in total. The molecule has 2 aromatic heterocycles. The molecule has 0 aliphatic heterocycles. The monoisotopic (exact) mass is 320 g/mol. The van der Waals surface area contributed by atoms with Gasteiger partial charge in [0.2, 0.25) is 5.43 Å². The van der Waals surface area contributed by atoms with Crippen LogP contribution in [-0.2, 0) is 23.1 Å². The van der Waals surface area contributed by atoms with E-state index < -0.39 is 41.8 Å². The number of H-pyrrole nitrogens is 1. The standard InChI is InChI=1S/C9H9ClN4O5S/c1-13-7-3(8(16)14(2)9(13)17)4(15)5(6(11)12-7)20(10,18)19/h1-2H3,(H3,11,12,15). The average molecular weight is 321 g/mol. The smallest absolute Gasteiger partial charge is 0.332 e. The third kappa shape index (κ3) is 1.84. The third-order valence-electron chi connectivity index (χ3n) is 2.84. The van der Waals surface area contributed by atoms with Gasteiger partial charge in [-0.05, 0) is 0 Å². The van der Waals surface area contributed by atoms with Crippen molar-refractivity contribution in [3.63, 3.8) is 0 Å². The molecule has 0 amide bonds. The first-order valence-corrected chi connectivity index (χ1v) is 7.44. The van der Waals surface area contributed by atoms with Crippen LogP contribution >= 0.6 is 10.7 Å². The van der Waals surface area contributed by atoms with Gasteiger partial charge in [-0.2, -0.15) is 0 Å². The number of rotatable bonds is 1. The highest BCUT2D eigenvalue weighted by molar-refractivity contribution is 8.13. The van der Waals surface area contributed by atoms with E-state index in [9.17, 15) is 22.8 Å². The van der Waals surface area contributed by atoms with E-state index in [1.165, 1.54) is 7.05 Å². The molecule has 2 aromatic rings. The molecule has 0 aliphatic carbocycles. The second-order valence-electron chi connectivity index (χ2n) is 4.06. The zero-order chi connectivity index (χ0) is 15.4. The van der Waals surface area contributed by atoms with Crippen LogP contribution < -0.4 is 22.4 Å². The summed E-state index contributed by atoms with van der Waals surface area (Å²) in [6, 6.07) is 0. The van der Waals surface area contributed by atoms with Gasteiger partial charge in [-0.1, -0.05) is 0 Å². The van der Waals surface area contributed by atoms with Gasteiger partial charge in [-0.3, -0.25) is 18.7 Å². The molecule has 0 unspecified atom stereocenters. The van der Waals surface area contributed by atoms with E-state index in [0.29, 0.717) is 4.57 Å². The van der Waals surface area contributed by atoms with Gasteiger partial charge in [0.1, 0.15) is 16.9 Å². The largest absolute Gasteiger partial charge is 0.384 e. The summed E-state index contributed by atoms with van der Waals surface area (Å²) < 4.78 is 24.4. The topological polar surface area (TPSA) is 137 Å². The molecule has 0 aromatic carbocycles. The van der Waals surface area contributed by atoms with Crippen LogP contribution in [-0.4, -0.2) is 22.5 Å². The molecule has 2 rings (SSSR count). The number of nitrogens with zero attached hydrogens (tertiary/aromatic N) is 2. The molecule has 0 bridgehead atoms. The highest BCUT2D eigenvalue weighted by Gasteiger charge is 2.24. The molecule has 2 heterocycles. The second kappa shape index (κ2) is 4.21. The Balaban J connectivity index is 3.31. The number of aromatic amines is 1. The van der Waals surface area contributed by atoms with Crippen LogP contribution in [0.5, 0.6) is 0 Å². The Morgan fingerprint density at radius 1 is 1.15 bits per heavy atom. The summed E-state index contributed by atoms with van der Waals surface area (Å²) >= 11 is 0. The van der Waals surface area contributed by atoms with E-state index >= 15 is 0 Å². The van der Waals surface area contributed by atoms with E-state index in [0.717, 1.165) is 11.6 Å². The summed E-state index contributed by atoms with van der Waals surface area (Å²) in [5.41, 5.74) is 2.48. The van der Waals surface area contributed by atoms with Crippen LogP contribution in [0.1, 0.15) is 0 Å². The van der Waals surface area contributed by atoms with Gasteiger partial charge in [0.25, 0.3) is 14.6 Å². The fraction of sp³-hybridized carbons (Fsp3) is 0.222. The van der Waals surface area contributed by atoms with Crippen molar-refractivity contribution in [2.75, 3.05) is 5.73 Å². The van der Waals surface area contributed by atoms with Crippen molar-refractivity contribution >= 4 is 36.6 Å². The number of hydrogen-bond acceptors (Lipinski definition) is 6. The Labute approximate surface area is 115 Å². The number of nitrogens with two attached hydrogens (primary N) is 1. The maximum Gasteiger partial charge on any atom is 0.332 e. The average Bonchev–Trinajstić information content (AvgIpc) is 2.31. The van der Waals surface area contributed by atoms with Crippen LogP contribution in [0.15, 0.2) is 19.3 Å². The lowest BCUT2D eigenvalue weighted by Crippen LogP contribution is -2.40. The lowest BCUT2D eigenvalue weighted by atomic mass is 10.3. The minimum absolute atomic E-state index is 0.176. The fourth-order valence-corrected chi connectivity index (χ4v) is 2.95. The molecule has 0 fully saturated rings. The van der Waals surface area contributed by atoms with Crippen molar-refractivity contribution in [2.24, 2.45) is 14.1 Å². The van der Waals surface area contributed by atoms with E-state index in [4.69, 9.17) is 16.4 Å². The number of nitrogens with one attached hydrogen (secondary N) is 1. The Morgan fingerprint density at radius 2 is 1.70 bits per heavy atom. The normalized spacial score (nSPS) is 11.9. The number of nitrogen functional groups attached to an aromatic ring is 1. The molecule has 20 heavy (non-hydrogen) atoms. The molecule has 0 atom stereocenters. The quantitative estimate of drug-likeness (QED) is 0.609. The molecule has 0 aliphatic rings. The minimum Gasteiger partial charge on any atom is -0.384 e. The Kier molecular flexibility index (Phi) is 3.02. The van der Waals surface area contributed by atoms with Gasteiger partial charge in [0.15, 0.2) is 4.90 Å². The molecular weight excluding hydrogens is 312 g/mol. The van der Waals surface area contributed by atoms with Gasteiger partial charge >= 0.3 is 5.69 Å². The molecule has 0 radical (unpaired) electrons. The molecule has 0 spiro atoms. The summed E-state index contributed by atoms with van der Waals surface area (Å²) in [6.45, 7) is 0. The summed E-state index contributed by atoms with van der Waals surface area (Å²) in [6.07, 6.45) is 0. The van der Waals surface area contributed by atoms with Crippen LogP contribution in [0, 0.1) is 0 Å². The highest BCUT2D eigenvalue weighted by Crippen LogP contribution is 2.18. The van der Waals surface area contributed by atoms with E-state index in [1.807, 2.05) is 0 Å². The Hall–Kier alpha value is -2.07. The fourth-order valence-electron chi connectivity index (χ4n) is 1.86. The number of aromatic nitrogens is 3. The van der Waals surface area contributed by atoms with Crippen LogP contribution in [0.3, 0.4) is 0 Å². The van der Waals surface area contributed by atoms with Gasteiger partial charge < -0.3 is 10.7 Å². The molecule has 3 N–H and O–H groups in total. The van der Waals surface area contributed by atoms with Crippen molar-refractivity contribution in [3.05, 3.63) is 31.1 Å². The van der Waals surface area contributed by atoms with Crippen molar-refractivity contribution in [1.82, 2.24) is 14.1 Å². The van der Waals surface area contributed by atoms with Gasteiger partial charge in [0, 0.05) is 24.8 Å². The minimum atomic E-state index is -4.44. The lowest BCUT2D eigenvalue weighted by molar-refractivity contribution is 0.609. The van der Waals surface area contributed by atoms with Gasteiger partial charge in [-0.25, -0.2) is 13.2 Å². The predicted octanol–water partition coefficient (Wildman–Crippen LogP) is -1.56. The Bertz CT molecular complexity index is 1010. The third-order valence-corrected chi connectivity index (χ3v) is 4.20. The SMILES string of the molecule is Cn1c(=O)c2c(=O)c(S(=O)(=O)Cl)c(N)[nH]c2n(C)c1=O. The number of pyridine rings is 1. The van der Waals surface area contributed by atoms with Crippen LogP contribution in [0.2, 0.25) is 0 Å². The second-order valence-corrected chi connectivity index (χ2v) is 6.57. The molecule has 0 saturated carbocycles.